The zero-order valence-electron chi connectivity index (χ0n) is 11.5. The second kappa shape index (κ2) is 5.90. The van der Waals surface area contributed by atoms with Gasteiger partial charge in [-0.3, -0.25) is 0 Å². The van der Waals surface area contributed by atoms with E-state index in [0.29, 0.717) is 28.2 Å². The summed E-state index contributed by atoms with van der Waals surface area (Å²) in [6, 6.07) is 7.96. The van der Waals surface area contributed by atoms with Crippen LogP contribution in [0.2, 0.25) is 0 Å². The number of nitrogen functional groups attached to an aromatic ring is 3. The van der Waals surface area contributed by atoms with Gasteiger partial charge in [0.2, 0.25) is 0 Å². The molecule has 9 N–H and O–H groups in total. The van der Waals surface area contributed by atoms with Crippen LogP contribution in [0.5, 0.6) is 5.75 Å². The first-order valence-electron chi connectivity index (χ1n) is 6.48. The minimum Gasteiger partial charge on any atom is -0.508 e. The average Bonchev–Trinajstić information content (AvgIpc) is 2.45. The van der Waals surface area contributed by atoms with Crippen molar-refractivity contribution in [2.24, 2.45) is 0 Å². The van der Waals surface area contributed by atoms with Gasteiger partial charge < -0.3 is 32.5 Å². The molecule has 2 aromatic rings. The number of aliphatic hydroxyl groups is 2. The number of aliphatic hydroxyl groups excluding tert-OH is 2. The third-order valence-corrected chi connectivity index (χ3v) is 3.28. The number of phenols is 1. The van der Waals surface area contributed by atoms with Crippen LogP contribution < -0.4 is 17.2 Å². The van der Waals surface area contributed by atoms with Gasteiger partial charge in [-0.05, 0) is 35.9 Å². The lowest BCUT2D eigenvalue weighted by Gasteiger charge is -2.15. The molecule has 0 heterocycles. The molecule has 0 fully saturated rings. The van der Waals surface area contributed by atoms with Gasteiger partial charge >= 0.3 is 0 Å². The molecule has 6 heteroatoms. The van der Waals surface area contributed by atoms with E-state index in [4.69, 9.17) is 22.3 Å². The van der Waals surface area contributed by atoms with Crippen molar-refractivity contribution in [1.82, 2.24) is 0 Å². The molecular weight excluding hydrogens is 270 g/mol. The third-order valence-electron chi connectivity index (χ3n) is 3.28. The standard InChI is InChI=1S/C15H19N3O3/c16-13-2-1-9(20)6-11(13)12-4-8(3-10(21)7-19)5-14(17)15(12)18/h1-2,4-6,10,19-21H,3,7,16-18H2. The van der Waals surface area contributed by atoms with Crippen LogP contribution in [0.25, 0.3) is 11.1 Å². The Bertz CT molecular complexity index is 659. The summed E-state index contributed by atoms with van der Waals surface area (Å²) in [5.41, 5.74) is 20.9. The van der Waals surface area contributed by atoms with Crippen LogP contribution >= 0.6 is 0 Å². The number of anilines is 3. The number of nitrogens with two attached hydrogens (primary N) is 3. The summed E-state index contributed by atoms with van der Waals surface area (Å²) in [6.45, 7) is -0.339. The molecule has 0 bridgehead atoms. The molecule has 0 aliphatic heterocycles. The van der Waals surface area contributed by atoms with Crippen molar-refractivity contribution in [3.8, 4) is 16.9 Å². The van der Waals surface area contributed by atoms with Crippen molar-refractivity contribution in [3.63, 3.8) is 0 Å². The molecule has 2 aromatic carbocycles. The Labute approximate surface area is 122 Å². The highest BCUT2D eigenvalue weighted by Crippen LogP contribution is 2.37. The molecular formula is C15H19N3O3. The maximum Gasteiger partial charge on any atom is 0.116 e. The number of benzene rings is 2. The van der Waals surface area contributed by atoms with Crippen molar-refractivity contribution in [2.45, 2.75) is 12.5 Å². The molecule has 0 spiro atoms. The van der Waals surface area contributed by atoms with Gasteiger partial charge in [0.15, 0.2) is 0 Å². The lowest BCUT2D eigenvalue weighted by Crippen LogP contribution is -2.15. The van der Waals surface area contributed by atoms with Crippen LogP contribution in [0.15, 0.2) is 30.3 Å². The number of aromatic hydroxyl groups is 1. The number of phenolic OH excluding ortho intramolecular Hbond substituents is 1. The quantitative estimate of drug-likeness (QED) is 0.362. The van der Waals surface area contributed by atoms with Gasteiger partial charge in [0.1, 0.15) is 5.75 Å². The van der Waals surface area contributed by atoms with E-state index in [1.165, 1.54) is 12.1 Å². The van der Waals surface area contributed by atoms with E-state index in [9.17, 15) is 10.2 Å². The summed E-state index contributed by atoms with van der Waals surface area (Å²) in [7, 11) is 0. The van der Waals surface area contributed by atoms with E-state index in [1.807, 2.05) is 0 Å². The Morgan fingerprint density at radius 2 is 1.67 bits per heavy atom. The van der Waals surface area contributed by atoms with E-state index < -0.39 is 6.10 Å². The van der Waals surface area contributed by atoms with Crippen molar-refractivity contribution in [1.29, 1.82) is 0 Å². The zero-order chi connectivity index (χ0) is 15.6. The zero-order valence-corrected chi connectivity index (χ0v) is 11.5. The Morgan fingerprint density at radius 1 is 0.952 bits per heavy atom. The highest BCUT2D eigenvalue weighted by molar-refractivity contribution is 5.90. The summed E-state index contributed by atoms with van der Waals surface area (Å²) in [4.78, 5) is 0. The van der Waals surface area contributed by atoms with Crippen molar-refractivity contribution >= 4 is 17.1 Å². The normalized spacial score (nSPS) is 12.3. The summed E-state index contributed by atoms with van der Waals surface area (Å²) in [5.74, 6) is 0.0676. The van der Waals surface area contributed by atoms with Gasteiger partial charge in [0.05, 0.1) is 24.1 Å². The van der Waals surface area contributed by atoms with Crippen molar-refractivity contribution in [3.05, 3.63) is 35.9 Å². The molecule has 0 aromatic heterocycles. The molecule has 6 nitrogen and oxygen atoms in total. The fourth-order valence-corrected chi connectivity index (χ4v) is 2.19. The van der Waals surface area contributed by atoms with Gasteiger partial charge in [-0.25, -0.2) is 0 Å². The van der Waals surface area contributed by atoms with Gasteiger partial charge in [0, 0.05) is 23.2 Å². The predicted octanol–water partition coefficient (Wildman–Crippen LogP) is 0.702. The highest BCUT2D eigenvalue weighted by atomic mass is 16.3. The van der Waals surface area contributed by atoms with Gasteiger partial charge in [-0.1, -0.05) is 0 Å². The summed E-state index contributed by atoms with van der Waals surface area (Å²) in [6.07, 6.45) is -0.630. The maximum absolute atomic E-state index is 9.61. The molecule has 0 amide bonds. The second-order valence-corrected chi connectivity index (χ2v) is 4.96. The molecule has 0 saturated carbocycles. The molecule has 1 unspecified atom stereocenters. The molecule has 0 radical (unpaired) electrons. The van der Waals surface area contributed by atoms with Crippen LogP contribution in [0.3, 0.4) is 0 Å². The SMILES string of the molecule is Nc1ccc(O)cc1-c1cc(CC(O)CO)cc(N)c1N. The first-order valence-corrected chi connectivity index (χ1v) is 6.48. The molecule has 21 heavy (non-hydrogen) atoms. The van der Waals surface area contributed by atoms with Gasteiger partial charge in [0.25, 0.3) is 0 Å². The smallest absolute Gasteiger partial charge is 0.116 e. The van der Waals surface area contributed by atoms with Gasteiger partial charge in [-0.2, -0.15) is 0 Å². The van der Waals surface area contributed by atoms with Crippen LogP contribution in [0, 0.1) is 0 Å². The molecule has 2 rings (SSSR count). The highest BCUT2D eigenvalue weighted by Gasteiger charge is 2.13. The van der Waals surface area contributed by atoms with Crippen LogP contribution in [-0.2, 0) is 6.42 Å². The third kappa shape index (κ3) is 3.18. The van der Waals surface area contributed by atoms with E-state index in [1.54, 1.807) is 18.2 Å². The fourth-order valence-electron chi connectivity index (χ4n) is 2.19. The second-order valence-electron chi connectivity index (χ2n) is 4.96. The predicted molar refractivity (Wildman–Crippen MR) is 83.6 cm³/mol. The maximum atomic E-state index is 9.61. The van der Waals surface area contributed by atoms with Gasteiger partial charge in [-0.15, -0.1) is 0 Å². The van der Waals surface area contributed by atoms with E-state index in [2.05, 4.69) is 0 Å². The van der Waals surface area contributed by atoms with E-state index >= 15 is 0 Å². The Hall–Kier alpha value is -2.44. The number of hydrogen-bond acceptors (Lipinski definition) is 6. The topological polar surface area (TPSA) is 139 Å². The average molecular weight is 289 g/mol. The number of rotatable bonds is 4. The minimum atomic E-state index is -0.873. The molecule has 0 aliphatic carbocycles. The van der Waals surface area contributed by atoms with Crippen molar-refractivity contribution in [2.75, 3.05) is 23.8 Å². The van der Waals surface area contributed by atoms with Crippen LogP contribution in [0.4, 0.5) is 17.1 Å². The fraction of sp³-hybridized carbons (Fsp3) is 0.200. The molecule has 0 aliphatic rings. The van der Waals surface area contributed by atoms with Crippen molar-refractivity contribution < 1.29 is 15.3 Å². The summed E-state index contributed by atoms with van der Waals surface area (Å²) in [5, 5.41) is 28.1. The lowest BCUT2D eigenvalue weighted by atomic mass is 9.96. The van der Waals surface area contributed by atoms with E-state index in [0.717, 1.165) is 5.56 Å². The Morgan fingerprint density at radius 3 is 2.33 bits per heavy atom. The van der Waals surface area contributed by atoms with Crippen LogP contribution in [-0.4, -0.2) is 28.0 Å². The molecule has 112 valence electrons. The lowest BCUT2D eigenvalue weighted by molar-refractivity contribution is 0.0955. The Balaban J connectivity index is 2.54. The summed E-state index contributed by atoms with van der Waals surface area (Å²) < 4.78 is 0. The summed E-state index contributed by atoms with van der Waals surface area (Å²) >= 11 is 0. The molecule has 0 saturated heterocycles. The first-order chi connectivity index (χ1) is 9.92. The number of hydrogen-bond donors (Lipinski definition) is 6. The monoisotopic (exact) mass is 289 g/mol. The Kier molecular flexibility index (Phi) is 4.21. The molecule has 1 atom stereocenters. The van der Waals surface area contributed by atoms with E-state index in [-0.39, 0.29) is 18.8 Å². The first kappa shape index (κ1) is 15.0. The largest absolute Gasteiger partial charge is 0.508 e. The minimum absolute atomic E-state index is 0.0676. The van der Waals surface area contributed by atoms with Crippen LogP contribution in [0.1, 0.15) is 5.56 Å².